The third-order valence-electron chi connectivity index (χ3n) is 4.11. The molecule has 1 unspecified atom stereocenters. The van der Waals surface area contributed by atoms with Crippen LogP contribution in [0, 0.1) is 5.92 Å². The van der Waals surface area contributed by atoms with Crippen LogP contribution in [-0.4, -0.2) is 28.8 Å². The van der Waals surface area contributed by atoms with Gasteiger partial charge in [-0.05, 0) is 36.5 Å². The van der Waals surface area contributed by atoms with Gasteiger partial charge in [0.25, 0.3) is 0 Å². The molecule has 1 saturated carbocycles. The summed E-state index contributed by atoms with van der Waals surface area (Å²) in [6.07, 6.45) is 8.27. The van der Waals surface area contributed by atoms with E-state index in [9.17, 15) is 4.79 Å². The summed E-state index contributed by atoms with van der Waals surface area (Å²) in [6, 6.07) is 7.85. The minimum absolute atomic E-state index is 0.239. The van der Waals surface area contributed by atoms with Gasteiger partial charge in [-0.25, -0.2) is 4.98 Å². The minimum atomic E-state index is -0.819. The van der Waals surface area contributed by atoms with E-state index < -0.39 is 5.54 Å². The Balaban J connectivity index is 2.05. The molecule has 6 nitrogen and oxygen atoms in total. The van der Waals surface area contributed by atoms with Gasteiger partial charge in [0.05, 0.1) is 6.33 Å². The number of rotatable bonds is 5. The topological polar surface area (TPSA) is 85.3 Å². The van der Waals surface area contributed by atoms with Crippen molar-refractivity contribution in [2.45, 2.75) is 18.4 Å². The molecule has 1 heterocycles. The van der Waals surface area contributed by atoms with E-state index in [4.69, 9.17) is 5.73 Å². The predicted octanol–water partition coefficient (Wildman–Crippen LogP) is 1.21. The molecule has 1 atom stereocenters. The van der Waals surface area contributed by atoms with Crippen molar-refractivity contribution in [3.05, 3.63) is 48.5 Å². The molecule has 114 valence electrons. The lowest BCUT2D eigenvalue weighted by Gasteiger charge is -2.31. The Labute approximate surface area is 129 Å². The Morgan fingerprint density at radius 3 is 2.95 bits per heavy atom. The molecule has 1 aromatic heterocycles. The maximum Gasteiger partial charge on any atom is 0.189 e. The standard InChI is InChI=1S/C16H19N5O/c1-18-15(17)20-16(10-22,12-5-6-12)13-3-2-4-14(9-13)21-8-7-19-11-21/h2-4,7-12H,5-6H2,1H3,(H3,17,18,20). The maximum absolute atomic E-state index is 12.0. The molecule has 22 heavy (non-hydrogen) atoms. The van der Waals surface area contributed by atoms with Gasteiger partial charge in [0, 0.05) is 25.1 Å². The Bertz CT molecular complexity index is 690. The van der Waals surface area contributed by atoms with Crippen LogP contribution >= 0.6 is 0 Å². The summed E-state index contributed by atoms with van der Waals surface area (Å²) in [5.41, 5.74) is 6.86. The van der Waals surface area contributed by atoms with E-state index in [-0.39, 0.29) is 11.9 Å². The van der Waals surface area contributed by atoms with Gasteiger partial charge in [-0.15, -0.1) is 0 Å². The van der Waals surface area contributed by atoms with E-state index in [1.807, 2.05) is 35.0 Å². The van der Waals surface area contributed by atoms with Gasteiger partial charge in [-0.1, -0.05) is 12.1 Å². The van der Waals surface area contributed by atoms with Crippen molar-refractivity contribution in [2.24, 2.45) is 16.6 Å². The molecule has 1 fully saturated rings. The van der Waals surface area contributed by atoms with E-state index in [0.29, 0.717) is 0 Å². The van der Waals surface area contributed by atoms with Crippen LogP contribution in [0.3, 0.4) is 0 Å². The lowest BCUT2D eigenvalue weighted by molar-refractivity contribution is -0.114. The average Bonchev–Trinajstić information content (AvgIpc) is 3.27. The number of benzene rings is 1. The number of carbonyl (C=O) groups excluding carboxylic acids is 1. The zero-order valence-corrected chi connectivity index (χ0v) is 12.4. The fourth-order valence-electron chi connectivity index (χ4n) is 2.75. The predicted molar refractivity (Wildman–Crippen MR) is 84.7 cm³/mol. The first kappa shape index (κ1) is 14.3. The van der Waals surface area contributed by atoms with E-state index >= 15 is 0 Å². The van der Waals surface area contributed by atoms with Gasteiger partial charge in [0.2, 0.25) is 0 Å². The van der Waals surface area contributed by atoms with Crippen molar-refractivity contribution >= 4 is 12.2 Å². The zero-order valence-electron chi connectivity index (χ0n) is 12.4. The summed E-state index contributed by atoms with van der Waals surface area (Å²) in [7, 11) is 1.60. The monoisotopic (exact) mass is 297 g/mol. The van der Waals surface area contributed by atoms with Crippen LogP contribution in [0.1, 0.15) is 18.4 Å². The number of imidazole rings is 1. The average molecular weight is 297 g/mol. The maximum atomic E-state index is 12.0. The minimum Gasteiger partial charge on any atom is -0.370 e. The van der Waals surface area contributed by atoms with Crippen LogP contribution < -0.4 is 11.1 Å². The molecule has 1 aromatic carbocycles. The van der Waals surface area contributed by atoms with E-state index in [1.165, 1.54) is 0 Å². The Kier molecular flexibility index (Phi) is 3.66. The number of hydrogen-bond donors (Lipinski definition) is 2. The first-order valence-electron chi connectivity index (χ1n) is 7.25. The molecule has 0 saturated heterocycles. The summed E-state index contributed by atoms with van der Waals surface area (Å²) in [6.45, 7) is 0. The second-order valence-electron chi connectivity index (χ2n) is 5.52. The molecular weight excluding hydrogens is 278 g/mol. The molecule has 0 amide bonds. The molecule has 0 aliphatic heterocycles. The second-order valence-corrected chi connectivity index (χ2v) is 5.52. The highest BCUT2D eigenvalue weighted by atomic mass is 16.1. The van der Waals surface area contributed by atoms with Crippen LogP contribution in [0.5, 0.6) is 0 Å². The Hall–Kier alpha value is -2.63. The Morgan fingerprint density at radius 1 is 1.55 bits per heavy atom. The van der Waals surface area contributed by atoms with Gasteiger partial charge in [-0.2, -0.15) is 0 Å². The molecule has 2 aromatic rings. The lowest BCUT2D eigenvalue weighted by Crippen LogP contribution is -2.52. The number of aldehydes is 1. The van der Waals surface area contributed by atoms with Crippen LogP contribution in [0.4, 0.5) is 0 Å². The molecule has 6 heteroatoms. The summed E-state index contributed by atoms with van der Waals surface area (Å²) < 4.78 is 1.91. The van der Waals surface area contributed by atoms with E-state index in [2.05, 4.69) is 15.3 Å². The fourth-order valence-corrected chi connectivity index (χ4v) is 2.75. The van der Waals surface area contributed by atoms with Gasteiger partial charge < -0.3 is 20.4 Å². The summed E-state index contributed by atoms with van der Waals surface area (Å²) in [5, 5.41) is 3.12. The van der Waals surface area contributed by atoms with Crippen molar-refractivity contribution in [3.63, 3.8) is 0 Å². The van der Waals surface area contributed by atoms with Crippen molar-refractivity contribution in [1.29, 1.82) is 0 Å². The zero-order chi connectivity index (χ0) is 15.6. The van der Waals surface area contributed by atoms with Crippen LogP contribution in [0.15, 0.2) is 48.0 Å². The number of carbonyl (C=O) groups is 1. The van der Waals surface area contributed by atoms with E-state index in [1.54, 1.807) is 19.6 Å². The van der Waals surface area contributed by atoms with Gasteiger partial charge in [-0.3, -0.25) is 4.99 Å². The van der Waals surface area contributed by atoms with Crippen molar-refractivity contribution in [1.82, 2.24) is 14.9 Å². The number of nitrogens with zero attached hydrogens (tertiary/aromatic N) is 3. The SMILES string of the molecule is CN=C(N)NC(C=O)(c1cccc(-n2ccnc2)c1)C1CC1. The first-order chi connectivity index (χ1) is 10.7. The van der Waals surface area contributed by atoms with Gasteiger partial charge in [0.15, 0.2) is 5.96 Å². The third kappa shape index (κ3) is 2.47. The molecule has 3 rings (SSSR count). The Morgan fingerprint density at radius 2 is 2.36 bits per heavy atom. The summed E-state index contributed by atoms with van der Waals surface area (Å²) in [5.74, 6) is 0.510. The van der Waals surface area contributed by atoms with Crippen LogP contribution in [0.2, 0.25) is 0 Å². The van der Waals surface area contributed by atoms with E-state index in [0.717, 1.165) is 30.4 Å². The van der Waals surface area contributed by atoms with Crippen molar-refractivity contribution in [2.75, 3.05) is 7.05 Å². The number of nitrogens with one attached hydrogen (secondary N) is 1. The number of hydrogen-bond acceptors (Lipinski definition) is 3. The largest absolute Gasteiger partial charge is 0.370 e. The highest BCUT2D eigenvalue weighted by Crippen LogP contribution is 2.44. The van der Waals surface area contributed by atoms with Crippen LogP contribution in [-0.2, 0) is 10.3 Å². The normalized spacial score (nSPS) is 17.8. The second kappa shape index (κ2) is 5.63. The number of nitrogens with two attached hydrogens (primary N) is 1. The number of aliphatic imine (C=N–C) groups is 1. The molecule has 1 aliphatic carbocycles. The molecule has 0 radical (unpaired) electrons. The number of guanidine groups is 1. The molecule has 3 N–H and O–H groups in total. The fraction of sp³-hybridized carbons (Fsp3) is 0.312. The smallest absolute Gasteiger partial charge is 0.189 e. The van der Waals surface area contributed by atoms with Crippen LogP contribution in [0.25, 0.3) is 5.69 Å². The quantitative estimate of drug-likeness (QED) is 0.493. The van der Waals surface area contributed by atoms with Gasteiger partial charge >= 0.3 is 0 Å². The molecular formula is C16H19N5O. The van der Waals surface area contributed by atoms with Gasteiger partial charge in [0.1, 0.15) is 11.8 Å². The highest BCUT2D eigenvalue weighted by Gasteiger charge is 2.47. The van der Waals surface area contributed by atoms with Crippen molar-refractivity contribution in [3.8, 4) is 5.69 Å². The molecule has 1 aliphatic rings. The molecule has 0 bridgehead atoms. The van der Waals surface area contributed by atoms with Crippen molar-refractivity contribution < 1.29 is 4.79 Å². The summed E-state index contributed by atoms with van der Waals surface area (Å²) in [4.78, 5) is 20.0. The molecule has 0 spiro atoms. The lowest BCUT2D eigenvalue weighted by atomic mass is 9.86. The summed E-state index contributed by atoms with van der Waals surface area (Å²) >= 11 is 0. The highest BCUT2D eigenvalue weighted by molar-refractivity contribution is 5.84. The third-order valence-corrected chi connectivity index (χ3v) is 4.11. The first-order valence-corrected chi connectivity index (χ1v) is 7.25. The number of aromatic nitrogens is 2.